The van der Waals surface area contributed by atoms with E-state index in [9.17, 15) is 19.5 Å². The fourth-order valence-corrected chi connectivity index (χ4v) is 10.3. The van der Waals surface area contributed by atoms with E-state index in [0.29, 0.717) is 17.4 Å². The summed E-state index contributed by atoms with van der Waals surface area (Å²) in [5.74, 6) is -2.25. The van der Waals surface area contributed by atoms with Gasteiger partial charge in [0.25, 0.3) is 0 Å². The molecule has 0 rings (SSSR count). The molecule has 456 valence electrons. The molecule has 0 aliphatic heterocycles. The highest BCUT2D eigenvalue weighted by molar-refractivity contribution is 5.70. The van der Waals surface area contributed by atoms with Crippen molar-refractivity contribution in [2.75, 3.05) is 47.5 Å². The molecule has 0 aromatic heterocycles. The van der Waals surface area contributed by atoms with Crippen LogP contribution in [0.1, 0.15) is 348 Å². The average Bonchev–Trinajstić information content (AvgIpc) is 3.40. The first-order valence-electron chi connectivity index (χ1n) is 33.8. The van der Waals surface area contributed by atoms with E-state index in [2.05, 4.69) is 26.0 Å². The Hall–Kier alpha value is -1.97. The Morgan fingerprint density at radius 3 is 0.961 bits per heavy atom. The van der Waals surface area contributed by atoms with Gasteiger partial charge < -0.3 is 33.3 Å². The fourth-order valence-electron chi connectivity index (χ4n) is 10.3. The maximum Gasteiger partial charge on any atom is 0.306 e. The van der Waals surface area contributed by atoms with Gasteiger partial charge >= 0.3 is 11.9 Å². The third-order valence-corrected chi connectivity index (χ3v) is 15.5. The molecule has 0 aliphatic carbocycles. The highest BCUT2D eigenvalue weighted by Gasteiger charge is 2.22. The number of hydrogen-bond acceptors (Lipinski definition) is 8. The number of allylic oxidation sites excluding steroid dienone is 2. The molecule has 0 aromatic rings. The van der Waals surface area contributed by atoms with Crippen LogP contribution in [0.5, 0.6) is 0 Å². The van der Waals surface area contributed by atoms with E-state index in [-0.39, 0.29) is 32.2 Å². The van der Waals surface area contributed by atoms with E-state index in [4.69, 9.17) is 18.9 Å². The van der Waals surface area contributed by atoms with Crippen molar-refractivity contribution in [1.82, 2.24) is 0 Å². The van der Waals surface area contributed by atoms with E-state index >= 15 is 0 Å². The zero-order valence-electron chi connectivity index (χ0n) is 52.1. The predicted octanol–water partition coefficient (Wildman–Crippen LogP) is 19.1. The standard InChI is InChI=1S/C68H131NO8/c1-6-8-10-12-14-16-18-20-22-24-26-27-28-29-30-31-32-33-34-35-36-37-38-39-41-43-45-47-49-51-53-55-57-59-66(71)77-64(63-76-68(67(72)73)74-61-60-69(3,4)5)62-75-65(70)58-56-54-52-50-48-46-44-42-40-25-23-21-19-17-15-13-11-9-7-2/h24,26,64,68H,6-23,25,27-63H2,1-5H3/b26-24-. The number of rotatable bonds is 64. The van der Waals surface area contributed by atoms with Crippen LogP contribution in [0.25, 0.3) is 0 Å². The molecule has 2 atom stereocenters. The number of aliphatic carboxylic acids is 1. The summed E-state index contributed by atoms with van der Waals surface area (Å²) >= 11 is 0. The fraction of sp³-hybridized carbons (Fsp3) is 0.926. The molecule has 77 heavy (non-hydrogen) atoms. The van der Waals surface area contributed by atoms with Gasteiger partial charge in [0.05, 0.1) is 40.3 Å². The summed E-state index contributed by atoms with van der Waals surface area (Å²) in [6.45, 7) is 4.82. The van der Waals surface area contributed by atoms with Crippen LogP contribution in [0.3, 0.4) is 0 Å². The normalized spacial score (nSPS) is 12.7. The lowest BCUT2D eigenvalue weighted by Gasteiger charge is -2.26. The van der Waals surface area contributed by atoms with Gasteiger partial charge in [0.15, 0.2) is 12.4 Å². The van der Waals surface area contributed by atoms with Crippen LogP contribution >= 0.6 is 0 Å². The van der Waals surface area contributed by atoms with Gasteiger partial charge in [-0.25, -0.2) is 0 Å². The molecule has 0 saturated heterocycles. The van der Waals surface area contributed by atoms with Gasteiger partial charge in [-0.15, -0.1) is 0 Å². The molecule has 0 aromatic carbocycles. The number of nitrogens with zero attached hydrogens (tertiary/aromatic N) is 1. The molecule has 0 aliphatic rings. The molecule has 0 heterocycles. The second-order valence-corrected chi connectivity index (χ2v) is 24.5. The average molecular weight is 1090 g/mol. The molecule has 0 bridgehead atoms. The quantitative estimate of drug-likeness (QED) is 0.0195. The van der Waals surface area contributed by atoms with Crippen molar-refractivity contribution in [1.29, 1.82) is 0 Å². The van der Waals surface area contributed by atoms with Crippen molar-refractivity contribution in [3.8, 4) is 0 Å². The number of quaternary nitrogens is 1. The van der Waals surface area contributed by atoms with Gasteiger partial charge in [0.2, 0.25) is 0 Å². The van der Waals surface area contributed by atoms with Gasteiger partial charge in [-0.1, -0.05) is 309 Å². The highest BCUT2D eigenvalue weighted by atomic mass is 16.7. The third kappa shape index (κ3) is 61.5. The van der Waals surface area contributed by atoms with Crippen LogP contribution in [0.2, 0.25) is 0 Å². The molecule has 2 unspecified atom stereocenters. The van der Waals surface area contributed by atoms with Crippen molar-refractivity contribution >= 4 is 17.9 Å². The maximum atomic E-state index is 12.9. The molecule has 9 heteroatoms. The monoisotopic (exact) mass is 1090 g/mol. The highest BCUT2D eigenvalue weighted by Crippen LogP contribution is 2.19. The summed E-state index contributed by atoms with van der Waals surface area (Å²) in [5, 5.41) is 11.8. The molecule has 0 saturated carbocycles. The Labute approximate surface area is 478 Å². The summed E-state index contributed by atoms with van der Waals surface area (Å²) in [7, 11) is 5.94. The van der Waals surface area contributed by atoms with Crippen molar-refractivity contribution in [2.45, 2.75) is 360 Å². The Kier molecular flexibility index (Phi) is 58.6. The van der Waals surface area contributed by atoms with E-state index in [1.165, 1.54) is 283 Å². The number of carboxylic acid groups (broad SMARTS) is 1. The van der Waals surface area contributed by atoms with Crippen LogP contribution in [0.15, 0.2) is 12.2 Å². The Morgan fingerprint density at radius 1 is 0.377 bits per heavy atom. The number of carbonyl (C=O) groups excluding carboxylic acids is 3. The van der Waals surface area contributed by atoms with Gasteiger partial charge in [0.1, 0.15) is 13.2 Å². The summed E-state index contributed by atoms with van der Waals surface area (Å²) < 4.78 is 22.8. The molecule has 0 amide bonds. The Morgan fingerprint density at radius 2 is 0.662 bits per heavy atom. The zero-order valence-corrected chi connectivity index (χ0v) is 52.1. The topological polar surface area (TPSA) is 111 Å². The van der Waals surface area contributed by atoms with E-state index in [0.717, 1.165) is 38.5 Å². The van der Waals surface area contributed by atoms with Crippen molar-refractivity contribution < 1.29 is 42.9 Å². The van der Waals surface area contributed by atoms with Crippen molar-refractivity contribution in [3.05, 3.63) is 12.2 Å². The van der Waals surface area contributed by atoms with Gasteiger partial charge in [-0.3, -0.25) is 9.59 Å². The Bertz CT molecular complexity index is 1270. The minimum Gasteiger partial charge on any atom is -0.545 e. The predicted molar refractivity (Wildman–Crippen MR) is 325 cm³/mol. The lowest BCUT2D eigenvalue weighted by Crippen LogP contribution is -2.44. The smallest absolute Gasteiger partial charge is 0.306 e. The van der Waals surface area contributed by atoms with E-state index in [1.54, 1.807) is 0 Å². The lowest BCUT2D eigenvalue weighted by molar-refractivity contribution is -0.870. The first kappa shape index (κ1) is 75.0. The minimum atomic E-state index is -1.62. The molecule has 0 radical (unpaired) electrons. The van der Waals surface area contributed by atoms with Crippen LogP contribution in [0.4, 0.5) is 0 Å². The molecule has 0 N–H and O–H groups in total. The summed E-state index contributed by atoms with van der Waals surface area (Å²) in [6.07, 6.45) is 68.7. The molecule has 0 fully saturated rings. The molecule has 0 spiro atoms. The first-order chi connectivity index (χ1) is 37.6. The van der Waals surface area contributed by atoms with Crippen molar-refractivity contribution in [3.63, 3.8) is 0 Å². The van der Waals surface area contributed by atoms with Crippen molar-refractivity contribution in [2.24, 2.45) is 0 Å². The van der Waals surface area contributed by atoms with Gasteiger partial charge in [-0.2, -0.15) is 0 Å². The number of likely N-dealkylation sites (N-methyl/N-ethyl adjacent to an activating group) is 1. The SMILES string of the molecule is CCCCCCCCCC/C=C\CCCCCCCCCCCCCCCCCCCCCCCC(=O)OC(COC(=O)CCCCCCCCCCCCCCCCCCCCC)COC(OCC[N+](C)(C)C)C(=O)[O-]. The minimum absolute atomic E-state index is 0.153. The van der Waals surface area contributed by atoms with Crippen LogP contribution in [0, 0.1) is 0 Å². The largest absolute Gasteiger partial charge is 0.545 e. The van der Waals surface area contributed by atoms with E-state index in [1.807, 2.05) is 21.1 Å². The third-order valence-electron chi connectivity index (χ3n) is 15.5. The lowest BCUT2D eigenvalue weighted by atomic mass is 10.0. The van der Waals surface area contributed by atoms with Gasteiger partial charge in [0, 0.05) is 12.8 Å². The first-order valence-corrected chi connectivity index (χ1v) is 33.8. The number of hydrogen-bond donors (Lipinski definition) is 0. The summed E-state index contributed by atoms with van der Waals surface area (Å²) in [6, 6.07) is 0. The number of carbonyl (C=O) groups is 3. The summed E-state index contributed by atoms with van der Waals surface area (Å²) in [5.41, 5.74) is 0. The number of unbranched alkanes of at least 4 members (excludes halogenated alkanes) is 47. The molecular weight excluding hydrogens is 959 g/mol. The second-order valence-electron chi connectivity index (χ2n) is 24.5. The number of esters is 2. The summed E-state index contributed by atoms with van der Waals surface area (Å²) in [4.78, 5) is 37.4. The van der Waals surface area contributed by atoms with Crippen LogP contribution in [-0.4, -0.2) is 82.3 Å². The second kappa shape index (κ2) is 60.1. The van der Waals surface area contributed by atoms with Gasteiger partial charge in [-0.05, 0) is 38.5 Å². The Balaban J connectivity index is 4.03. The van der Waals surface area contributed by atoms with E-state index < -0.39 is 24.3 Å². The van der Waals surface area contributed by atoms with Crippen LogP contribution in [-0.2, 0) is 33.3 Å². The maximum absolute atomic E-state index is 12.9. The molecular formula is C68H131NO8. The number of ether oxygens (including phenoxy) is 4. The van der Waals surface area contributed by atoms with Crippen LogP contribution < -0.4 is 5.11 Å². The molecule has 9 nitrogen and oxygen atoms in total. The number of carboxylic acids is 1. The zero-order chi connectivity index (χ0) is 56.2.